The maximum absolute atomic E-state index is 13.1. The molecule has 1 aromatic carbocycles. The van der Waals surface area contributed by atoms with Gasteiger partial charge in [-0.15, -0.1) is 0 Å². The Bertz CT molecular complexity index is 643. The number of hydrogen-bond donors (Lipinski definition) is 0. The van der Waals surface area contributed by atoms with Gasteiger partial charge in [0, 0.05) is 13.1 Å². The fourth-order valence-corrected chi connectivity index (χ4v) is 4.11. The van der Waals surface area contributed by atoms with E-state index < -0.39 is 10.0 Å². The van der Waals surface area contributed by atoms with Crippen molar-refractivity contribution < 1.29 is 17.9 Å². The smallest absolute Gasteiger partial charge is 0.246 e. The van der Waals surface area contributed by atoms with E-state index >= 15 is 0 Å². The maximum Gasteiger partial charge on any atom is 0.246 e. The van der Waals surface area contributed by atoms with Gasteiger partial charge in [0.05, 0.1) is 19.8 Å². The average Bonchev–Trinajstić information content (AvgIpc) is 2.55. The molecule has 2 rings (SSSR count). The highest BCUT2D eigenvalue weighted by Crippen LogP contribution is 2.33. The predicted octanol–water partition coefficient (Wildman–Crippen LogP) is 3.18. The monoisotopic (exact) mass is 355 g/mol. The summed E-state index contributed by atoms with van der Waals surface area (Å²) >= 11 is 0. The van der Waals surface area contributed by atoms with Crippen molar-refractivity contribution >= 4 is 10.0 Å². The molecule has 0 aromatic heterocycles. The van der Waals surface area contributed by atoms with E-state index in [1.54, 1.807) is 12.1 Å². The average molecular weight is 356 g/mol. The molecule has 0 aliphatic carbocycles. The normalized spacial score (nSPS) is 17.0. The van der Waals surface area contributed by atoms with Gasteiger partial charge in [-0.3, -0.25) is 0 Å². The summed E-state index contributed by atoms with van der Waals surface area (Å²) in [5.41, 5.74) is 0.856. The third-order valence-corrected chi connectivity index (χ3v) is 6.07. The first-order valence-electron chi connectivity index (χ1n) is 8.62. The van der Waals surface area contributed by atoms with Crippen LogP contribution in [0.1, 0.15) is 46.1 Å². The number of benzene rings is 1. The Kier molecular flexibility index (Phi) is 6.28. The molecular weight excluding hydrogens is 326 g/mol. The lowest BCUT2D eigenvalue weighted by Gasteiger charge is -2.28. The van der Waals surface area contributed by atoms with Gasteiger partial charge >= 0.3 is 0 Å². The minimum atomic E-state index is -3.58. The Morgan fingerprint density at radius 1 is 1.21 bits per heavy atom. The summed E-state index contributed by atoms with van der Waals surface area (Å²) in [7, 11) is -3.58. The lowest BCUT2D eigenvalue weighted by Crippen LogP contribution is -2.40. The van der Waals surface area contributed by atoms with E-state index in [1.807, 2.05) is 6.07 Å². The second kappa shape index (κ2) is 7.85. The van der Waals surface area contributed by atoms with E-state index in [-0.39, 0.29) is 10.3 Å². The van der Waals surface area contributed by atoms with E-state index in [2.05, 4.69) is 27.7 Å². The summed E-state index contributed by atoms with van der Waals surface area (Å²) in [4.78, 5) is 0.271. The lowest BCUT2D eigenvalue weighted by atomic mass is 9.87. The predicted molar refractivity (Wildman–Crippen MR) is 95.1 cm³/mol. The maximum atomic E-state index is 13.1. The molecule has 0 bridgehead atoms. The number of morpholine rings is 1. The summed E-state index contributed by atoms with van der Waals surface area (Å²) in [6, 6.07) is 5.52. The number of nitrogens with zero attached hydrogens (tertiary/aromatic N) is 1. The Hall–Kier alpha value is -1.11. The first kappa shape index (κ1) is 19.2. The first-order valence-corrected chi connectivity index (χ1v) is 10.1. The zero-order valence-electron chi connectivity index (χ0n) is 15.2. The number of rotatable bonds is 6. The molecule has 136 valence electrons. The summed E-state index contributed by atoms with van der Waals surface area (Å²) in [6.45, 7) is 10.5. The van der Waals surface area contributed by atoms with Crippen molar-refractivity contribution in [3.63, 3.8) is 0 Å². The van der Waals surface area contributed by atoms with E-state index in [1.165, 1.54) is 4.31 Å². The topological polar surface area (TPSA) is 55.8 Å². The van der Waals surface area contributed by atoms with Crippen LogP contribution in [0.4, 0.5) is 0 Å². The van der Waals surface area contributed by atoms with Crippen LogP contribution in [0, 0.1) is 0 Å². The van der Waals surface area contributed by atoms with Crippen molar-refractivity contribution in [2.24, 2.45) is 0 Å². The molecule has 6 heteroatoms. The summed E-state index contributed by atoms with van der Waals surface area (Å²) in [5.74, 6) is 0.447. The molecule has 0 atom stereocenters. The first-order chi connectivity index (χ1) is 11.3. The quantitative estimate of drug-likeness (QED) is 0.736. The van der Waals surface area contributed by atoms with Crippen LogP contribution in [0.2, 0.25) is 0 Å². The van der Waals surface area contributed by atoms with Gasteiger partial charge in [0.2, 0.25) is 10.0 Å². The van der Waals surface area contributed by atoms with Gasteiger partial charge in [-0.05, 0) is 29.5 Å². The lowest BCUT2D eigenvalue weighted by molar-refractivity contribution is 0.0729. The van der Waals surface area contributed by atoms with Crippen molar-refractivity contribution in [2.45, 2.75) is 50.8 Å². The molecule has 0 spiro atoms. The molecule has 1 aliphatic heterocycles. The Balaban J connectivity index is 2.42. The van der Waals surface area contributed by atoms with Gasteiger partial charge in [0.25, 0.3) is 0 Å². The second-order valence-corrected chi connectivity index (χ2v) is 9.04. The molecule has 0 amide bonds. The highest BCUT2D eigenvalue weighted by molar-refractivity contribution is 7.89. The van der Waals surface area contributed by atoms with Gasteiger partial charge in [-0.2, -0.15) is 4.31 Å². The van der Waals surface area contributed by atoms with Gasteiger partial charge in [-0.1, -0.05) is 40.2 Å². The Morgan fingerprint density at radius 3 is 2.46 bits per heavy atom. The molecule has 0 radical (unpaired) electrons. The van der Waals surface area contributed by atoms with Crippen LogP contribution in [0.15, 0.2) is 23.1 Å². The molecule has 1 heterocycles. The molecule has 5 nitrogen and oxygen atoms in total. The minimum absolute atomic E-state index is 0.128. The molecule has 24 heavy (non-hydrogen) atoms. The fourth-order valence-electron chi connectivity index (χ4n) is 2.55. The molecule has 1 aliphatic rings. The molecule has 1 saturated heterocycles. The van der Waals surface area contributed by atoms with Crippen LogP contribution in [0.25, 0.3) is 0 Å². The zero-order valence-corrected chi connectivity index (χ0v) is 16.0. The zero-order chi connectivity index (χ0) is 17.8. The van der Waals surface area contributed by atoms with Crippen molar-refractivity contribution in [1.29, 1.82) is 0 Å². The van der Waals surface area contributed by atoms with Gasteiger partial charge in [0.15, 0.2) is 0 Å². The third-order valence-electron chi connectivity index (χ3n) is 4.15. The fraction of sp³-hybridized carbons (Fsp3) is 0.667. The summed E-state index contributed by atoms with van der Waals surface area (Å²) in [6.07, 6.45) is 1.91. The molecule has 1 fully saturated rings. The number of unbranched alkanes of at least 4 members (excludes halogenated alkanes) is 1. The van der Waals surface area contributed by atoms with Crippen LogP contribution < -0.4 is 4.74 Å². The van der Waals surface area contributed by atoms with E-state index in [9.17, 15) is 8.42 Å². The molecular formula is C18H29NO4S. The molecule has 0 N–H and O–H groups in total. The number of ether oxygens (including phenoxy) is 2. The number of sulfonamides is 1. The Morgan fingerprint density at radius 2 is 1.88 bits per heavy atom. The SMILES string of the molecule is CCCCOc1ccc(C(C)(C)C)cc1S(=O)(=O)N1CCOCC1. The van der Waals surface area contributed by atoms with Gasteiger partial charge in [0.1, 0.15) is 10.6 Å². The highest BCUT2D eigenvalue weighted by Gasteiger charge is 2.30. The second-order valence-electron chi connectivity index (χ2n) is 7.13. The van der Waals surface area contributed by atoms with Crippen LogP contribution >= 0.6 is 0 Å². The van der Waals surface area contributed by atoms with Crippen molar-refractivity contribution in [3.05, 3.63) is 23.8 Å². The summed E-state index contributed by atoms with van der Waals surface area (Å²) < 4.78 is 38.8. The largest absolute Gasteiger partial charge is 0.492 e. The van der Waals surface area contributed by atoms with Crippen LogP contribution in [-0.2, 0) is 20.2 Å². The van der Waals surface area contributed by atoms with Crippen molar-refractivity contribution in [2.75, 3.05) is 32.9 Å². The van der Waals surface area contributed by atoms with Crippen LogP contribution in [-0.4, -0.2) is 45.6 Å². The van der Waals surface area contributed by atoms with Crippen molar-refractivity contribution in [1.82, 2.24) is 4.31 Å². The third kappa shape index (κ3) is 4.49. The summed E-state index contributed by atoms with van der Waals surface area (Å²) in [5, 5.41) is 0. The van der Waals surface area contributed by atoms with Crippen LogP contribution in [0.3, 0.4) is 0 Å². The van der Waals surface area contributed by atoms with E-state index in [0.29, 0.717) is 38.7 Å². The van der Waals surface area contributed by atoms with Gasteiger partial charge in [-0.25, -0.2) is 8.42 Å². The number of hydrogen-bond acceptors (Lipinski definition) is 4. The molecule has 1 aromatic rings. The minimum Gasteiger partial charge on any atom is -0.492 e. The Labute approximate surface area is 146 Å². The van der Waals surface area contributed by atoms with Gasteiger partial charge < -0.3 is 9.47 Å². The molecule has 0 unspecified atom stereocenters. The van der Waals surface area contributed by atoms with E-state index in [0.717, 1.165) is 18.4 Å². The van der Waals surface area contributed by atoms with Crippen molar-refractivity contribution in [3.8, 4) is 5.75 Å². The van der Waals surface area contributed by atoms with E-state index in [4.69, 9.17) is 9.47 Å². The standard InChI is InChI=1S/C18H29NO4S/c1-5-6-11-23-16-8-7-15(18(2,3)4)14-17(16)24(20,21)19-9-12-22-13-10-19/h7-8,14H,5-6,9-13H2,1-4H3. The molecule has 0 saturated carbocycles. The highest BCUT2D eigenvalue weighted by atomic mass is 32.2. The van der Waals surface area contributed by atoms with Crippen LogP contribution in [0.5, 0.6) is 5.75 Å².